The van der Waals surface area contributed by atoms with Crippen LogP contribution in [0.4, 0.5) is 5.69 Å². The Balaban J connectivity index is 1.46. The molecule has 3 heterocycles. The number of carbonyl (C=O) groups is 1. The molecule has 0 aliphatic carbocycles. The van der Waals surface area contributed by atoms with Gasteiger partial charge >= 0.3 is 0 Å². The predicted octanol–water partition coefficient (Wildman–Crippen LogP) is 1.09. The van der Waals surface area contributed by atoms with E-state index in [1.54, 1.807) is 18.5 Å². The molecule has 8 heteroatoms. The number of hydrogen-bond acceptors (Lipinski definition) is 7. The average Bonchev–Trinajstić information content (AvgIpc) is 3.02. The van der Waals surface area contributed by atoms with Crippen LogP contribution in [0.2, 0.25) is 0 Å². The van der Waals surface area contributed by atoms with E-state index in [2.05, 4.69) is 37.2 Å². The monoisotopic (exact) mass is 330 g/mol. The fourth-order valence-corrected chi connectivity index (χ4v) is 2.79. The van der Waals surface area contributed by atoms with Gasteiger partial charge < -0.3 is 9.84 Å². The van der Waals surface area contributed by atoms with Gasteiger partial charge in [-0.05, 0) is 26.0 Å². The van der Waals surface area contributed by atoms with E-state index < -0.39 is 0 Å². The molecule has 1 atom stereocenters. The number of nitrogens with one attached hydrogen (secondary N) is 1. The van der Waals surface area contributed by atoms with Crippen molar-refractivity contribution in [3.05, 3.63) is 36.2 Å². The van der Waals surface area contributed by atoms with Gasteiger partial charge in [-0.25, -0.2) is 0 Å². The van der Waals surface area contributed by atoms with Gasteiger partial charge in [0.05, 0.1) is 24.5 Å². The quantitative estimate of drug-likeness (QED) is 0.878. The highest BCUT2D eigenvalue weighted by molar-refractivity contribution is 5.92. The number of rotatable bonds is 5. The average molecular weight is 330 g/mol. The Morgan fingerprint density at radius 3 is 2.79 bits per heavy atom. The topological polar surface area (TPSA) is 87.4 Å². The van der Waals surface area contributed by atoms with Gasteiger partial charge in [0.15, 0.2) is 5.82 Å². The summed E-state index contributed by atoms with van der Waals surface area (Å²) < 4.78 is 5.25. The second-order valence-corrected chi connectivity index (χ2v) is 5.96. The highest BCUT2D eigenvalue weighted by atomic mass is 16.5. The third kappa shape index (κ3) is 4.15. The van der Waals surface area contributed by atoms with E-state index >= 15 is 0 Å². The lowest BCUT2D eigenvalue weighted by molar-refractivity contribution is -0.117. The minimum atomic E-state index is -0.0166. The van der Waals surface area contributed by atoms with Crippen LogP contribution in [0, 0.1) is 6.92 Å². The summed E-state index contributed by atoms with van der Waals surface area (Å²) in [6, 6.07) is 3.73. The number of aryl methyl sites for hydroxylation is 1. The normalized spacial score (nSPS) is 17.6. The zero-order valence-electron chi connectivity index (χ0n) is 14.0. The molecule has 1 aliphatic rings. The number of anilines is 1. The molecule has 0 aromatic carbocycles. The summed E-state index contributed by atoms with van der Waals surface area (Å²) in [4.78, 5) is 24.8. The van der Waals surface area contributed by atoms with Crippen LogP contribution in [0.15, 0.2) is 29.0 Å². The van der Waals surface area contributed by atoms with Crippen LogP contribution in [-0.2, 0) is 4.79 Å². The van der Waals surface area contributed by atoms with Crippen LogP contribution < -0.4 is 5.32 Å². The predicted molar refractivity (Wildman–Crippen MR) is 88.3 cm³/mol. The number of carbonyl (C=O) groups excluding carboxylic acids is 1. The maximum atomic E-state index is 12.1. The van der Waals surface area contributed by atoms with E-state index in [0.717, 1.165) is 31.9 Å². The van der Waals surface area contributed by atoms with Gasteiger partial charge in [0.1, 0.15) is 0 Å². The third-order valence-electron chi connectivity index (χ3n) is 4.17. The lowest BCUT2D eigenvalue weighted by Crippen LogP contribution is -2.49. The Kier molecular flexibility index (Phi) is 5.17. The summed E-state index contributed by atoms with van der Waals surface area (Å²) in [5.74, 6) is 1.29. The number of nitrogens with zero attached hydrogens (tertiary/aromatic N) is 5. The Morgan fingerprint density at radius 2 is 2.17 bits per heavy atom. The highest BCUT2D eigenvalue weighted by Gasteiger charge is 2.26. The molecular formula is C16H22N6O2. The molecule has 128 valence electrons. The minimum absolute atomic E-state index is 0.0166. The number of pyridine rings is 1. The second kappa shape index (κ2) is 7.50. The highest BCUT2D eigenvalue weighted by Crippen LogP contribution is 2.19. The van der Waals surface area contributed by atoms with Crippen molar-refractivity contribution < 1.29 is 9.32 Å². The molecular weight excluding hydrogens is 308 g/mol. The van der Waals surface area contributed by atoms with Crippen LogP contribution >= 0.6 is 0 Å². The van der Waals surface area contributed by atoms with Gasteiger partial charge in [-0.3, -0.25) is 19.6 Å². The molecule has 2 aromatic heterocycles. The largest absolute Gasteiger partial charge is 0.338 e. The van der Waals surface area contributed by atoms with E-state index in [1.807, 2.05) is 13.0 Å². The van der Waals surface area contributed by atoms with Crippen molar-refractivity contribution in [1.82, 2.24) is 24.9 Å². The summed E-state index contributed by atoms with van der Waals surface area (Å²) in [6.07, 6.45) is 3.32. The van der Waals surface area contributed by atoms with Crippen molar-refractivity contribution in [2.45, 2.75) is 19.9 Å². The molecule has 2 aromatic rings. The molecule has 0 unspecified atom stereocenters. The molecule has 8 nitrogen and oxygen atoms in total. The first-order valence-corrected chi connectivity index (χ1v) is 8.08. The molecule has 1 amide bonds. The molecule has 3 rings (SSSR count). The summed E-state index contributed by atoms with van der Waals surface area (Å²) >= 11 is 0. The number of amides is 1. The smallest absolute Gasteiger partial charge is 0.243 e. The van der Waals surface area contributed by atoms with Crippen molar-refractivity contribution >= 4 is 11.6 Å². The first-order valence-electron chi connectivity index (χ1n) is 8.08. The van der Waals surface area contributed by atoms with E-state index in [0.29, 0.717) is 18.3 Å². The molecule has 0 bridgehead atoms. The molecule has 1 aliphatic heterocycles. The van der Waals surface area contributed by atoms with Gasteiger partial charge in [0, 0.05) is 32.4 Å². The minimum Gasteiger partial charge on any atom is -0.338 e. The SMILES string of the molecule is Cc1noc([C@@H](C)N2CCN(CC(=O)Nc3cccnc3)CC2)n1. The molecule has 1 saturated heterocycles. The fraction of sp³-hybridized carbons (Fsp3) is 0.500. The molecule has 0 spiro atoms. The Morgan fingerprint density at radius 1 is 1.38 bits per heavy atom. The molecule has 1 N–H and O–H groups in total. The maximum Gasteiger partial charge on any atom is 0.243 e. The first kappa shape index (κ1) is 16.5. The first-order chi connectivity index (χ1) is 11.6. The van der Waals surface area contributed by atoms with E-state index in [1.165, 1.54) is 0 Å². The zero-order chi connectivity index (χ0) is 16.9. The Hall–Kier alpha value is -2.32. The van der Waals surface area contributed by atoms with Crippen molar-refractivity contribution in [2.75, 3.05) is 38.0 Å². The summed E-state index contributed by atoms with van der Waals surface area (Å²) in [6.45, 7) is 7.66. The van der Waals surface area contributed by atoms with Crippen LogP contribution in [-0.4, -0.2) is 63.6 Å². The van der Waals surface area contributed by atoms with Gasteiger partial charge in [-0.2, -0.15) is 4.98 Å². The van der Waals surface area contributed by atoms with E-state index in [4.69, 9.17) is 4.52 Å². The fourth-order valence-electron chi connectivity index (χ4n) is 2.79. The van der Waals surface area contributed by atoms with Crippen molar-refractivity contribution in [3.63, 3.8) is 0 Å². The molecule has 24 heavy (non-hydrogen) atoms. The summed E-state index contributed by atoms with van der Waals surface area (Å²) in [5.41, 5.74) is 0.724. The van der Waals surface area contributed by atoms with Gasteiger partial charge in [0.25, 0.3) is 0 Å². The van der Waals surface area contributed by atoms with Crippen LogP contribution in [0.5, 0.6) is 0 Å². The Labute approximate surface area is 140 Å². The van der Waals surface area contributed by atoms with Crippen LogP contribution in [0.25, 0.3) is 0 Å². The third-order valence-corrected chi connectivity index (χ3v) is 4.17. The summed E-state index contributed by atoms with van der Waals surface area (Å²) in [7, 11) is 0. The van der Waals surface area contributed by atoms with E-state index in [-0.39, 0.29) is 11.9 Å². The van der Waals surface area contributed by atoms with Crippen molar-refractivity contribution in [3.8, 4) is 0 Å². The summed E-state index contributed by atoms with van der Waals surface area (Å²) in [5, 5.41) is 6.71. The lowest BCUT2D eigenvalue weighted by Gasteiger charge is -2.36. The second-order valence-electron chi connectivity index (χ2n) is 5.96. The molecule has 1 fully saturated rings. The molecule has 0 saturated carbocycles. The molecule has 0 radical (unpaired) electrons. The number of aromatic nitrogens is 3. The Bertz CT molecular complexity index is 666. The lowest BCUT2D eigenvalue weighted by atomic mass is 10.2. The van der Waals surface area contributed by atoms with Gasteiger partial charge in [-0.15, -0.1) is 0 Å². The van der Waals surface area contributed by atoms with Crippen LogP contribution in [0.1, 0.15) is 24.7 Å². The standard InChI is InChI=1S/C16H22N6O2/c1-12(16-18-13(2)20-24-16)22-8-6-21(7-9-22)11-15(23)19-14-4-3-5-17-10-14/h3-5,10,12H,6-9,11H2,1-2H3,(H,19,23)/t12-/m1/s1. The van der Waals surface area contributed by atoms with Gasteiger partial charge in [0.2, 0.25) is 11.8 Å². The van der Waals surface area contributed by atoms with Crippen molar-refractivity contribution in [2.24, 2.45) is 0 Å². The number of hydrogen-bond donors (Lipinski definition) is 1. The van der Waals surface area contributed by atoms with Crippen molar-refractivity contribution in [1.29, 1.82) is 0 Å². The number of piperazine rings is 1. The van der Waals surface area contributed by atoms with Gasteiger partial charge in [-0.1, -0.05) is 5.16 Å². The zero-order valence-corrected chi connectivity index (χ0v) is 14.0. The maximum absolute atomic E-state index is 12.1. The van der Waals surface area contributed by atoms with Crippen LogP contribution in [0.3, 0.4) is 0 Å². The van der Waals surface area contributed by atoms with E-state index in [9.17, 15) is 4.79 Å².